The average Bonchev–Trinajstić information content (AvgIpc) is 2.21. The van der Waals surface area contributed by atoms with Gasteiger partial charge in [0, 0.05) is 5.57 Å². The first-order valence-corrected chi connectivity index (χ1v) is 5.64. The molecule has 1 rings (SSSR count). The van der Waals surface area contributed by atoms with E-state index in [-0.39, 0.29) is 12.0 Å². The molecule has 1 fully saturated rings. The molecule has 0 aromatic carbocycles. The van der Waals surface area contributed by atoms with Crippen LogP contribution in [0.5, 0.6) is 0 Å². The monoisotopic (exact) mass is 228 g/mol. The molecule has 0 aromatic rings. The van der Waals surface area contributed by atoms with Crippen LogP contribution in [0, 0.1) is 5.92 Å². The zero-order chi connectivity index (χ0) is 12.3. The topological polar surface area (TPSA) is 66.8 Å². The fourth-order valence-electron chi connectivity index (χ4n) is 1.95. The summed E-state index contributed by atoms with van der Waals surface area (Å²) in [6.07, 6.45) is 0.214. The highest BCUT2D eigenvalue weighted by atomic mass is 16.5. The molecule has 0 aromatic heterocycles. The van der Waals surface area contributed by atoms with E-state index in [0.717, 1.165) is 6.42 Å². The number of hydrogen-bond donors (Lipinski definition) is 2. The Kier molecular flexibility index (Phi) is 4.50. The smallest absolute Gasteiger partial charge is 0.333 e. The van der Waals surface area contributed by atoms with Gasteiger partial charge in [-0.3, -0.25) is 0 Å². The first kappa shape index (κ1) is 13.2. The summed E-state index contributed by atoms with van der Waals surface area (Å²) in [7, 11) is 0. The summed E-state index contributed by atoms with van der Waals surface area (Å²) in [5, 5.41) is 18.9. The summed E-state index contributed by atoms with van der Waals surface area (Å²) < 4.78 is 5.20. The van der Waals surface area contributed by atoms with E-state index in [2.05, 4.69) is 6.58 Å². The van der Waals surface area contributed by atoms with E-state index in [4.69, 9.17) is 4.74 Å². The normalized spacial score (nSPS) is 31.9. The van der Waals surface area contributed by atoms with Crippen LogP contribution in [0.3, 0.4) is 0 Å². The Morgan fingerprint density at radius 2 is 2.00 bits per heavy atom. The van der Waals surface area contributed by atoms with E-state index in [1.807, 2.05) is 6.92 Å². The average molecular weight is 228 g/mol. The molecule has 1 aliphatic carbocycles. The van der Waals surface area contributed by atoms with E-state index >= 15 is 0 Å². The van der Waals surface area contributed by atoms with E-state index in [1.54, 1.807) is 6.92 Å². The van der Waals surface area contributed by atoms with Gasteiger partial charge in [0.2, 0.25) is 0 Å². The van der Waals surface area contributed by atoms with Crippen molar-refractivity contribution in [3.63, 3.8) is 0 Å². The Morgan fingerprint density at radius 1 is 1.38 bits per heavy atom. The van der Waals surface area contributed by atoms with Crippen LogP contribution in [-0.4, -0.2) is 34.5 Å². The van der Waals surface area contributed by atoms with Crippen molar-refractivity contribution in [1.29, 1.82) is 0 Å². The van der Waals surface area contributed by atoms with Crippen LogP contribution in [0.15, 0.2) is 12.2 Å². The Labute approximate surface area is 95.9 Å². The molecule has 0 heterocycles. The van der Waals surface area contributed by atoms with Crippen molar-refractivity contribution in [3.05, 3.63) is 12.2 Å². The number of carbonyl (C=O) groups excluding carboxylic acids is 1. The minimum atomic E-state index is -0.704. The predicted octanol–water partition coefficient (Wildman–Crippen LogP) is 1.02. The van der Waals surface area contributed by atoms with Gasteiger partial charge in [0.15, 0.2) is 0 Å². The lowest BCUT2D eigenvalue weighted by atomic mass is 9.82. The van der Waals surface area contributed by atoms with E-state index in [9.17, 15) is 15.0 Å². The van der Waals surface area contributed by atoms with Gasteiger partial charge in [0.1, 0.15) is 6.10 Å². The van der Waals surface area contributed by atoms with Crippen molar-refractivity contribution in [1.82, 2.24) is 0 Å². The lowest BCUT2D eigenvalue weighted by Gasteiger charge is -2.33. The molecule has 4 unspecified atom stereocenters. The molecule has 4 nitrogen and oxygen atoms in total. The summed E-state index contributed by atoms with van der Waals surface area (Å²) in [6.45, 7) is 6.94. The summed E-state index contributed by atoms with van der Waals surface area (Å²) >= 11 is 0. The van der Waals surface area contributed by atoms with Crippen LogP contribution in [0.1, 0.15) is 33.1 Å². The lowest BCUT2D eigenvalue weighted by Crippen LogP contribution is -2.38. The quantitative estimate of drug-likeness (QED) is 0.559. The maximum atomic E-state index is 11.3. The van der Waals surface area contributed by atoms with Gasteiger partial charge in [-0.2, -0.15) is 0 Å². The molecule has 2 N–H and O–H groups in total. The van der Waals surface area contributed by atoms with Gasteiger partial charge in [-0.05, 0) is 39.0 Å². The summed E-state index contributed by atoms with van der Waals surface area (Å²) in [5.41, 5.74) is 0.378. The number of rotatable bonds is 3. The van der Waals surface area contributed by atoms with Gasteiger partial charge < -0.3 is 14.9 Å². The zero-order valence-corrected chi connectivity index (χ0v) is 9.85. The van der Waals surface area contributed by atoms with Gasteiger partial charge in [0.25, 0.3) is 0 Å². The molecular formula is C12H20O4. The number of carbonyl (C=O) groups is 1. The first-order chi connectivity index (χ1) is 7.41. The van der Waals surface area contributed by atoms with E-state index in [1.165, 1.54) is 0 Å². The Balaban J connectivity index is 2.46. The van der Waals surface area contributed by atoms with Crippen molar-refractivity contribution >= 4 is 5.97 Å². The number of hydrogen-bond acceptors (Lipinski definition) is 4. The third-order valence-corrected chi connectivity index (χ3v) is 3.13. The van der Waals surface area contributed by atoms with Gasteiger partial charge in [-0.15, -0.1) is 0 Å². The Hall–Kier alpha value is -0.870. The van der Waals surface area contributed by atoms with Gasteiger partial charge in [-0.25, -0.2) is 4.79 Å². The standard InChI is InChI=1S/C12H20O4/c1-7(2)12(15)16-8(3)9-4-5-10(13)11(14)6-9/h8-11,13-14H,1,4-6H2,2-3H3. The first-order valence-electron chi connectivity index (χ1n) is 5.64. The minimum Gasteiger partial charge on any atom is -0.459 e. The van der Waals surface area contributed by atoms with Crippen molar-refractivity contribution in [2.24, 2.45) is 5.92 Å². The second-order valence-corrected chi connectivity index (χ2v) is 4.60. The molecule has 0 amide bonds. The van der Waals surface area contributed by atoms with E-state index in [0.29, 0.717) is 18.4 Å². The number of esters is 1. The SMILES string of the molecule is C=C(C)C(=O)OC(C)C1CCC(O)C(O)C1. The van der Waals surface area contributed by atoms with Crippen molar-refractivity contribution in [3.8, 4) is 0 Å². The van der Waals surface area contributed by atoms with Crippen LogP contribution in [0.4, 0.5) is 0 Å². The summed E-state index contributed by atoms with van der Waals surface area (Å²) in [4.78, 5) is 11.3. The predicted molar refractivity (Wildman–Crippen MR) is 59.7 cm³/mol. The molecule has 4 heteroatoms. The second-order valence-electron chi connectivity index (χ2n) is 4.60. The third-order valence-electron chi connectivity index (χ3n) is 3.13. The van der Waals surface area contributed by atoms with Gasteiger partial charge in [0.05, 0.1) is 12.2 Å². The zero-order valence-electron chi connectivity index (χ0n) is 9.85. The molecule has 1 aliphatic rings. The summed E-state index contributed by atoms with van der Waals surface area (Å²) in [5.74, 6) is -0.283. The highest BCUT2D eigenvalue weighted by molar-refractivity contribution is 5.87. The van der Waals surface area contributed by atoms with Crippen LogP contribution in [0.25, 0.3) is 0 Å². The van der Waals surface area contributed by atoms with Crippen molar-refractivity contribution in [2.75, 3.05) is 0 Å². The molecule has 0 radical (unpaired) electrons. The fourth-order valence-corrected chi connectivity index (χ4v) is 1.95. The molecule has 0 bridgehead atoms. The Bertz CT molecular complexity index is 274. The number of aliphatic hydroxyl groups is 2. The molecule has 92 valence electrons. The van der Waals surface area contributed by atoms with Crippen molar-refractivity contribution in [2.45, 2.75) is 51.4 Å². The van der Waals surface area contributed by atoms with Crippen molar-refractivity contribution < 1.29 is 19.7 Å². The summed E-state index contributed by atoms with van der Waals surface area (Å²) in [6, 6.07) is 0. The molecule has 4 atom stereocenters. The van der Waals surface area contributed by atoms with Gasteiger partial charge in [-0.1, -0.05) is 6.58 Å². The molecular weight excluding hydrogens is 208 g/mol. The number of ether oxygens (including phenoxy) is 1. The van der Waals surface area contributed by atoms with Crippen LogP contribution in [-0.2, 0) is 9.53 Å². The molecule has 0 aliphatic heterocycles. The van der Waals surface area contributed by atoms with Crippen LogP contribution in [0.2, 0.25) is 0 Å². The molecule has 1 saturated carbocycles. The number of aliphatic hydroxyl groups excluding tert-OH is 2. The highest BCUT2D eigenvalue weighted by Gasteiger charge is 2.32. The van der Waals surface area contributed by atoms with Crippen LogP contribution >= 0.6 is 0 Å². The van der Waals surface area contributed by atoms with Gasteiger partial charge >= 0.3 is 5.97 Å². The maximum absolute atomic E-state index is 11.3. The van der Waals surface area contributed by atoms with E-state index < -0.39 is 18.2 Å². The molecule has 0 saturated heterocycles. The third kappa shape index (κ3) is 3.32. The second kappa shape index (κ2) is 5.46. The van der Waals surface area contributed by atoms with Crippen LogP contribution < -0.4 is 0 Å². The molecule has 0 spiro atoms. The minimum absolute atomic E-state index is 0.113. The highest BCUT2D eigenvalue weighted by Crippen LogP contribution is 2.28. The maximum Gasteiger partial charge on any atom is 0.333 e. The largest absolute Gasteiger partial charge is 0.459 e. The lowest BCUT2D eigenvalue weighted by molar-refractivity contribution is -0.148. The Morgan fingerprint density at radius 3 is 2.50 bits per heavy atom. The molecule has 16 heavy (non-hydrogen) atoms. The fraction of sp³-hybridized carbons (Fsp3) is 0.750.